The highest BCUT2D eigenvalue weighted by molar-refractivity contribution is 7.91. The second kappa shape index (κ2) is 27.7. The maximum absolute atomic E-state index is 14.7. The molecule has 4 fully saturated rings. The van der Waals surface area contributed by atoms with Crippen molar-refractivity contribution in [1.29, 1.82) is 0 Å². The molecule has 3 saturated heterocycles. The number of likely N-dealkylation sites (N-methyl/N-ethyl adjacent to an activating group) is 2. The minimum Gasteiger partial charge on any atom is -0.459 e. The van der Waals surface area contributed by atoms with Crippen molar-refractivity contribution in [3.8, 4) is 0 Å². The van der Waals surface area contributed by atoms with Crippen LogP contribution in [0.3, 0.4) is 0 Å². The van der Waals surface area contributed by atoms with E-state index in [-0.39, 0.29) is 60.6 Å². The topological polar surface area (TPSA) is 245 Å². The number of sulfone groups is 1. The Bertz CT molecular complexity index is 2330. The van der Waals surface area contributed by atoms with Crippen LogP contribution in [0.4, 0.5) is 4.39 Å². The second-order valence-corrected chi connectivity index (χ2v) is 27.0. The van der Waals surface area contributed by atoms with Crippen LogP contribution in [0.15, 0.2) is 35.4 Å². The molecule has 0 amide bonds. The van der Waals surface area contributed by atoms with Crippen molar-refractivity contribution >= 4 is 15.8 Å². The molecular weight excluding hydrogens is 1040 g/mol. The van der Waals surface area contributed by atoms with Gasteiger partial charge in [0.15, 0.2) is 22.4 Å². The molecule has 79 heavy (non-hydrogen) atoms. The quantitative estimate of drug-likeness (QED) is 0.121. The summed E-state index contributed by atoms with van der Waals surface area (Å²) in [5.41, 5.74) is -2.93. The van der Waals surface area contributed by atoms with E-state index in [0.29, 0.717) is 38.0 Å². The largest absolute Gasteiger partial charge is 0.459 e. The summed E-state index contributed by atoms with van der Waals surface area (Å²) in [4.78, 5) is 18.9. The van der Waals surface area contributed by atoms with Gasteiger partial charge in [-0.1, -0.05) is 51.0 Å². The molecule has 1 aliphatic carbocycles. The zero-order chi connectivity index (χ0) is 58.4. The van der Waals surface area contributed by atoms with E-state index in [9.17, 15) is 43.1 Å². The first-order valence-electron chi connectivity index (χ1n) is 29.1. The lowest BCUT2D eigenvalue weighted by Gasteiger charge is -2.48. The number of hydrogen-bond acceptors (Lipinski definition) is 18. The summed E-state index contributed by atoms with van der Waals surface area (Å²) in [6.07, 6.45) is -1.99. The monoisotopic (exact) mass is 1140 g/mol. The number of benzene rings is 1. The third kappa shape index (κ3) is 16.5. The zero-order valence-corrected chi connectivity index (χ0v) is 50.3. The average molecular weight is 1140 g/mol. The van der Waals surface area contributed by atoms with Crippen LogP contribution in [-0.2, 0) is 55.9 Å². The highest BCUT2D eigenvalue weighted by Gasteiger charge is 2.52. The van der Waals surface area contributed by atoms with Gasteiger partial charge in [-0.3, -0.25) is 4.79 Å². The van der Waals surface area contributed by atoms with E-state index in [4.69, 9.17) is 28.4 Å². The third-order valence-corrected chi connectivity index (χ3v) is 20.1. The summed E-state index contributed by atoms with van der Waals surface area (Å²) in [5.74, 6) is -2.25. The van der Waals surface area contributed by atoms with E-state index in [1.807, 2.05) is 44.7 Å². The van der Waals surface area contributed by atoms with Gasteiger partial charge in [-0.15, -0.1) is 5.10 Å². The number of esters is 1. The number of carbonyl (C=O) groups excluding carboxylic acids is 1. The SMILES string of the molecule is CC[C@H]1OC(=O)[C@H](C)[C@@H](O[C@H]2C[C@@](C)(OC)[C@@H](O)[C@H](C)O2)[C@H](C)[C@@H](O[C@@H]2O[C@H](C)C[C@H](N(C)CCc3cn([C@H](CF)Cc4ccc(S(=O)(=O)CC5CCCC5)cc4)nn3)[C@H]2O)[C@](C)(O)CC[C@@H](C)CN(C)[C@H](C)[C@@H](O)C[C@]1(C)O. The molecule has 0 bridgehead atoms. The van der Waals surface area contributed by atoms with Crippen molar-refractivity contribution in [3.05, 3.63) is 41.7 Å². The van der Waals surface area contributed by atoms with E-state index in [2.05, 4.69) is 17.2 Å². The first kappa shape index (κ1) is 65.4. The summed E-state index contributed by atoms with van der Waals surface area (Å²) >= 11 is 0. The molecule has 452 valence electrons. The predicted octanol–water partition coefficient (Wildman–Crippen LogP) is 5.60. The lowest BCUT2D eigenvalue weighted by atomic mass is 9.78. The van der Waals surface area contributed by atoms with Crippen molar-refractivity contribution in [1.82, 2.24) is 24.8 Å². The van der Waals surface area contributed by atoms with Crippen LogP contribution >= 0.6 is 0 Å². The molecular formula is C58H98FN5O14S. The van der Waals surface area contributed by atoms with Crippen LogP contribution in [-0.4, -0.2) is 202 Å². The Morgan fingerprint density at radius 2 is 1.62 bits per heavy atom. The molecule has 1 saturated carbocycles. The number of nitrogens with zero attached hydrogens (tertiary/aromatic N) is 5. The fraction of sp³-hybridized carbons (Fsp3) is 0.845. The molecule has 19 nitrogen and oxygen atoms in total. The molecule has 4 aliphatic rings. The Morgan fingerprint density at radius 1 is 0.949 bits per heavy atom. The number of methoxy groups -OCH3 is 1. The summed E-state index contributed by atoms with van der Waals surface area (Å²) in [7, 11) is 1.87. The minimum absolute atomic E-state index is 0.0165. The average Bonchev–Trinajstić information content (AvgIpc) is 4.12. The summed E-state index contributed by atoms with van der Waals surface area (Å²) < 4.78 is 80.8. The van der Waals surface area contributed by atoms with Crippen molar-refractivity contribution in [2.45, 2.75) is 248 Å². The molecule has 5 N–H and O–H groups in total. The molecule has 19 atom stereocenters. The highest BCUT2D eigenvalue weighted by Crippen LogP contribution is 2.40. The highest BCUT2D eigenvalue weighted by atomic mass is 32.2. The molecule has 1 aromatic carbocycles. The smallest absolute Gasteiger partial charge is 0.311 e. The third-order valence-electron chi connectivity index (χ3n) is 18.2. The number of alkyl halides is 1. The van der Waals surface area contributed by atoms with E-state index < -0.39 is 125 Å². The van der Waals surface area contributed by atoms with Gasteiger partial charge < -0.3 is 63.8 Å². The first-order valence-corrected chi connectivity index (χ1v) is 30.7. The number of rotatable bonds is 17. The Morgan fingerprint density at radius 3 is 2.25 bits per heavy atom. The van der Waals surface area contributed by atoms with Gasteiger partial charge in [0.1, 0.15) is 30.6 Å². The number of hydrogen-bond donors (Lipinski definition) is 5. The molecule has 0 spiro atoms. The Labute approximate surface area is 470 Å². The number of cyclic esters (lactones) is 1. The van der Waals surface area contributed by atoms with Crippen LogP contribution in [0.25, 0.3) is 0 Å². The fourth-order valence-corrected chi connectivity index (χ4v) is 14.3. The lowest BCUT2D eigenvalue weighted by Crippen LogP contribution is -2.60. The molecule has 0 radical (unpaired) electrons. The molecule has 4 heterocycles. The Balaban J connectivity index is 1.22. The zero-order valence-electron chi connectivity index (χ0n) is 49.4. The second-order valence-electron chi connectivity index (χ2n) is 25.0. The number of aromatic nitrogens is 3. The van der Waals surface area contributed by atoms with E-state index in [1.54, 1.807) is 72.0 Å². The first-order chi connectivity index (χ1) is 37.0. The van der Waals surface area contributed by atoms with E-state index in [1.165, 1.54) is 11.8 Å². The molecule has 0 unspecified atom stereocenters. The Hall–Kier alpha value is -2.77. The Kier molecular flexibility index (Phi) is 23.0. The van der Waals surface area contributed by atoms with Crippen LogP contribution in [0.5, 0.6) is 0 Å². The molecule has 6 rings (SSSR count). The molecule has 2 aromatic rings. The molecule has 21 heteroatoms. The van der Waals surface area contributed by atoms with Gasteiger partial charge in [0.2, 0.25) is 0 Å². The van der Waals surface area contributed by atoms with Gasteiger partial charge in [0.25, 0.3) is 0 Å². The number of aliphatic hydroxyl groups excluding tert-OH is 3. The van der Waals surface area contributed by atoms with Crippen LogP contribution in [0.1, 0.15) is 151 Å². The van der Waals surface area contributed by atoms with E-state index in [0.717, 1.165) is 31.2 Å². The van der Waals surface area contributed by atoms with Gasteiger partial charge in [-0.25, -0.2) is 17.5 Å². The fourth-order valence-electron chi connectivity index (χ4n) is 12.7. The van der Waals surface area contributed by atoms with Crippen molar-refractivity contribution in [2.75, 3.05) is 46.7 Å². The van der Waals surface area contributed by atoms with Gasteiger partial charge in [0, 0.05) is 63.7 Å². The van der Waals surface area contributed by atoms with Crippen LogP contribution in [0, 0.1) is 23.7 Å². The van der Waals surface area contributed by atoms with Crippen molar-refractivity contribution in [2.24, 2.45) is 23.7 Å². The summed E-state index contributed by atoms with van der Waals surface area (Å²) in [6.45, 7) is 18.1. The maximum atomic E-state index is 14.7. The predicted molar refractivity (Wildman–Crippen MR) is 295 cm³/mol. The van der Waals surface area contributed by atoms with Gasteiger partial charge >= 0.3 is 5.97 Å². The van der Waals surface area contributed by atoms with Gasteiger partial charge in [-0.05, 0) is 137 Å². The number of halogens is 1. The minimum atomic E-state index is -3.42. The molecule has 3 aliphatic heterocycles. The maximum Gasteiger partial charge on any atom is 0.311 e. The normalized spacial score (nSPS) is 38.9. The number of ether oxygens (including phenoxy) is 6. The van der Waals surface area contributed by atoms with Crippen molar-refractivity contribution in [3.63, 3.8) is 0 Å². The lowest BCUT2D eigenvalue weighted by molar-refractivity contribution is -0.318. The van der Waals surface area contributed by atoms with Crippen LogP contribution in [0.2, 0.25) is 0 Å². The number of aliphatic hydroxyl groups is 5. The standard InChI is InChI=1S/C58H98FN5O14S/c1-14-48-57(9,70)29-47(65)39(6)63(12)32-35(2)23-25-56(8,69)53(37(4)51(38(5)54(68)76-48)77-49-30-58(10,73-13)52(67)40(7)75-49)78-55-50(66)46(27-36(3)74-55)62(11)26-24-43-33-64(61-60-43)44(31-59)28-41-19-21-45(22-20-41)79(71,72)34-42-17-15-16-18-42/h19-22,33,35-40,42,44,46-53,55,65-67,69-70H,14-18,23-32,34H2,1-13H3/t35-,36-,37+,38-,39-,40+,44+,46+,47+,48-,49+,50-,51+,52+,53-,55+,56-,57+,58-/m1/s1. The summed E-state index contributed by atoms with van der Waals surface area (Å²) in [5, 5.41) is 68.3. The van der Waals surface area contributed by atoms with E-state index >= 15 is 0 Å². The van der Waals surface area contributed by atoms with Crippen LogP contribution < -0.4 is 0 Å². The van der Waals surface area contributed by atoms with Gasteiger partial charge in [0.05, 0.1) is 70.0 Å². The molecule has 1 aromatic heterocycles. The van der Waals surface area contributed by atoms with Gasteiger partial charge in [-0.2, -0.15) is 0 Å². The van der Waals surface area contributed by atoms with Crippen molar-refractivity contribution < 1.29 is 71.6 Å². The number of carbonyl (C=O) groups is 1. The summed E-state index contributed by atoms with van der Waals surface area (Å²) in [6, 6.07) is 5.17.